The first kappa shape index (κ1) is 15.0. The van der Waals surface area contributed by atoms with E-state index in [1.54, 1.807) is 13.8 Å². The minimum Gasteiger partial charge on any atom is -0.494 e. The van der Waals surface area contributed by atoms with E-state index in [0.29, 0.717) is 19.4 Å². The van der Waals surface area contributed by atoms with Gasteiger partial charge in [-0.25, -0.2) is 4.79 Å². The van der Waals surface area contributed by atoms with Crippen LogP contribution in [-0.4, -0.2) is 29.6 Å². The van der Waals surface area contributed by atoms with Gasteiger partial charge in [0, 0.05) is 6.42 Å². The van der Waals surface area contributed by atoms with Crippen LogP contribution in [-0.2, 0) is 9.53 Å². The van der Waals surface area contributed by atoms with Crippen molar-refractivity contribution in [1.82, 2.24) is 0 Å². The predicted molar refractivity (Wildman–Crippen MR) is 71.6 cm³/mol. The lowest BCUT2D eigenvalue weighted by molar-refractivity contribution is -0.139. The molecular formula is C14H19NO4. The SMILES string of the molecule is CC(C)OC(=O)C(CCCOc1ccccc1)=NO. The van der Waals surface area contributed by atoms with Gasteiger partial charge in [-0.1, -0.05) is 23.4 Å². The van der Waals surface area contributed by atoms with Crippen LogP contribution >= 0.6 is 0 Å². The number of benzene rings is 1. The summed E-state index contributed by atoms with van der Waals surface area (Å²) in [5.74, 6) is 0.187. The maximum Gasteiger partial charge on any atom is 0.356 e. The highest BCUT2D eigenvalue weighted by Gasteiger charge is 2.15. The van der Waals surface area contributed by atoms with E-state index >= 15 is 0 Å². The summed E-state index contributed by atoms with van der Waals surface area (Å²) in [5, 5.41) is 11.7. The summed E-state index contributed by atoms with van der Waals surface area (Å²) in [6, 6.07) is 9.39. The first-order valence-electron chi connectivity index (χ1n) is 6.23. The molecule has 0 fully saturated rings. The molecule has 0 saturated carbocycles. The van der Waals surface area contributed by atoms with Crippen molar-refractivity contribution in [2.45, 2.75) is 32.8 Å². The first-order chi connectivity index (χ1) is 9.13. The molecule has 0 spiro atoms. The second kappa shape index (κ2) is 8.13. The highest BCUT2D eigenvalue weighted by molar-refractivity contribution is 6.36. The van der Waals surface area contributed by atoms with Crippen LogP contribution in [0.15, 0.2) is 35.5 Å². The van der Waals surface area contributed by atoms with Gasteiger partial charge in [-0.3, -0.25) is 0 Å². The third-order valence-corrected chi connectivity index (χ3v) is 2.27. The Morgan fingerprint density at radius 2 is 2.00 bits per heavy atom. The second-order valence-corrected chi connectivity index (χ2v) is 4.27. The van der Waals surface area contributed by atoms with Crippen LogP contribution in [0, 0.1) is 0 Å². The van der Waals surface area contributed by atoms with E-state index < -0.39 is 5.97 Å². The van der Waals surface area contributed by atoms with Crippen molar-refractivity contribution in [3.63, 3.8) is 0 Å². The highest BCUT2D eigenvalue weighted by Crippen LogP contribution is 2.09. The van der Waals surface area contributed by atoms with Gasteiger partial charge < -0.3 is 14.7 Å². The maximum absolute atomic E-state index is 11.5. The standard InChI is InChI=1S/C14H19NO4/c1-11(2)19-14(16)13(15-17)9-6-10-18-12-7-4-3-5-8-12/h3-5,7-8,11,17H,6,9-10H2,1-2H3. The Bertz CT molecular complexity index is 415. The topological polar surface area (TPSA) is 68.1 Å². The van der Waals surface area contributed by atoms with Gasteiger partial charge >= 0.3 is 5.97 Å². The van der Waals surface area contributed by atoms with E-state index in [1.807, 2.05) is 30.3 Å². The smallest absolute Gasteiger partial charge is 0.356 e. The molecule has 0 radical (unpaired) electrons. The van der Waals surface area contributed by atoms with Crippen molar-refractivity contribution < 1.29 is 19.5 Å². The molecule has 0 amide bonds. The summed E-state index contributed by atoms with van der Waals surface area (Å²) in [7, 11) is 0. The lowest BCUT2D eigenvalue weighted by atomic mass is 10.2. The maximum atomic E-state index is 11.5. The van der Waals surface area contributed by atoms with Crippen molar-refractivity contribution in [2.75, 3.05) is 6.61 Å². The lowest BCUT2D eigenvalue weighted by Gasteiger charge is -2.09. The predicted octanol–water partition coefficient (Wildman–Crippen LogP) is 2.63. The molecular weight excluding hydrogens is 246 g/mol. The van der Waals surface area contributed by atoms with E-state index in [0.717, 1.165) is 5.75 Å². The van der Waals surface area contributed by atoms with Gasteiger partial charge in [-0.15, -0.1) is 0 Å². The van der Waals surface area contributed by atoms with Gasteiger partial charge in [0.05, 0.1) is 12.7 Å². The Hall–Kier alpha value is -2.04. The molecule has 5 heteroatoms. The van der Waals surface area contributed by atoms with Crippen LogP contribution in [0.25, 0.3) is 0 Å². The Kier molecular flexibility index (Phi) is 6.43. The summed E-state index contributed by atoms with van der Waals surface area (Å²) < 4.78 is 10.4. The quantitative estimate of drug-likeness (QED) is 0.270. The summed E-state index contributed by atoms with van der Waals surface area (Å²) in [4.78, 5) is 11.5. The minimum absolute atomic E-state index is 0.0189. The van der Waals surface area contributed by atoms with Crippen LogP contribution in [0.3, 0.4) is 0 Å². The molecule has 104 valence electrons. The van der Waals surface area contributed by atoms with Crippen LogP contribution < -0.4 is 4.74 Å². The number of hydrogen-bond donors (Lipinski definition) is 1. The molecule has 0 heterocycles. The molecule has 1 aromatic rings. The summed E-state index contributed by atoms with van der Waals surface area (Å²) >= 11 is 0. The van der Waals surface area contributed by atoms with Crippen LogP contribution in [0.1, 0.15) is 26.7 Å². The summed E-state index contributed by atoms with van der Waals surface area (Å²) in [6.45, 7) is 3.93. The molecule has 1 N–H and O–H groups in total. The fraction of sp³-hybridized carbons (Fsp3) is 0.429. The van der Waals surface area contributed by atoms with Gasteiger partial charge in [0.2, 0.25) is 0 Å². The Balaban J connectivity index is 2.29. The average molecular weight is 265 g/mol. The van der Waals surface area contributed by atoms with Gasteiger partial charge in [0.1, 0.15) is 5.75 Å². The van der Waals surface area contributed by atoms with Gasteiger partial charge in [-0.05, 0) is 32.4 Å². The zero-order chi connectivity index (χ0) is 14.1. The Morgan fingerprint density at radius 3 is 2.58 bits per heavy atom. The van der Waals surface area contributed by atoms with Crippen molar-refractivity contribution in [3.8, 4) is 5.75 Å². The van der Waals surface area contributed by atoms with Gasteiger partial charge in [0.25, 0.3) is 0 Å². The van der Waals surface area contributed by atoms with Crippen molar-refractivity contribution in [2.24, 2.45) is 5.16 Å². The normalized spacial score (nSPS) is 11.4. The van der Waals surface area contributed by atoms with Crippen molar-refractivity contribution >= 4 is 11.7 Å². The Morgan fingerprint density at radius 1 is 1.32 bits per heavy atom. The van der Waals surface area contributed by atoms with Gasteiger partial charge in [0.15, 0.2) is 5.71 Å². The van der Waals surface area contributed by atoms with E-state index in [1.165, 1.54) is 0 Å². The minimum atomic E-state index is -0.586. The number of para-hydroxylation sites is 1. The number of carbonyl (C=O) groups is 1. The van der Waals surface area contributed by atoms with Crippen LogP contribution in [0.5, 0.6) is 5.75 Å². The first-order valence-corrected chi connectivity index (χ1v) is 6.23. The molecule has 0 atom stereocenters. The molecule has 0 aromatic heterocycles. The largest absolute Gasteiger partial charge is 0.494 e. The number of rotatable bonds is 7. The molecule has 1 aromatic carbocycles. The summed E-state index contributed by atoms with van der Waals surface area (Å²) in [6.07, 6.45) is 0.654. The molecule has 0 aliphatic heterocycles. The van der Waals surface area contributed by atoms with E-state index in [2.05, 4.69) is 5.16 Å². The Labute approximate surface area is 112 Å². The molecule has 0 unspecified atom stereocenters. The number of hydrogen-bond acceptors (Lipinski definition) is 5. The number of nitrogens with zero attached hydrogens (tertiary/aromatic N) is 1. The van der Waals surface area contributed by atoms with E-state index in [4.69, 9.17) is 14.7 Å². The van der Waals surface area contributed by atoms with E-state index in [9.17, 15) is 4.79 Å². The molecule has 5 nitrogen and oxygen atoms in total. The number of esters is 1. The van der Waals surface area contributed by atoms with Crippen LogP contribution in [0.4, 0.5) is 0 Å². The molecule has 1 rings (SSSR count). The summed E-state index contributed by atoms with van der Waals surface area (Å²) in [5.41, 5.74) is 0.0189. The third kappa shape index (κ3) is 5.90. The zero-order valence-corrected chi connectivity index (χ0v) is 11.2. The van der Waals surface area contributed by atoms with Gasteiger partial charge in [-0.2, -0.15) is 0 Å². The second-order valence-electron chi connectivity index (χ2n) is 4.27. The fourth-order valence-electron chi connectivity index (χ4n) is 1.42. The van der Waals surface area contributed by atoms with E-state index in [-0.39, 0.29) is 11.8 Å². The van der Waals surface area contributed by atoms with Crippen molar-refractivity contribution in [1.29, 1.82) is 0 Å². The zero-order valence-electron chi connectivity index (χ0n) is 11.2. The molecule has 0 bridgehead atoms. The lowest BCUT2D eigenvalue weighted by Crippen LogP contribution is -2.21. The number of oxime groups is 1. The monoisotopic (exact) mass is 265 g/mol. The fourth-order valence-corrected chi connectivity index (χ4v) is 1.42. The average Bonchev–Trinajstić information content (AvgIpc) is 2.39. The molecule has 0 aliphatic rings. The molecule has 0 aliphatic carbocycles. The van der Waals surface area contributed by atoms with Crippen LogP contribution in [0.2, 0.25) is 0 Å². The number of carbonyl (C=O) groups excluding carboxylic acids is 1. The highest BCUT2D eigenvalue weighted by atomic mass is 16.5. The van der Waals surface area contributed by atoms with Crippen molar-refractivity contribution in [3.05, 3.63) is 30.3 Å². The number of ether oxygens (including phenoxy) is 2. The third-order valence-electron chi connectivity index (χ3n) is 2.27. The molecule has 19 heavy (non-hydrogen) atoms. The molecule has 0 saturated heterocycles.